The molecule has 1 aliphatic rings. The summed E-state index contributed by atoms with van der Waals surface area (Å²) in [6.07, 6.45) is -2.99. The normalized spacial score (nSPS) is 20.7. The van der Waals surface area contributed by atoms with Crippen LogP contribution >= 0.6 is 0 Å². The number of sulfonamides is 1. The molecule has 0 amide bonds. The summed E-state index contributed by atoms with van der Waals surface area (Å²) in [7, 11) is -2.14. The van der Waals surface area contributed by atoms with E-state index in [1.54, 1.807) is 0 Å². The molecule has 12 heteroatoms. The first-order chi connectivity index (χ1) is 11.7. The molecule has 0 bridgehead atoms. The second-order valence-electron chi connectivity index (χ2n) is 5.36. The molecule has 8 nitrogen and oxygen atoms in total. The number of hydrogen-bond donors (Lipinski definition) is 0. The number of nitrogens with zero attached hydrogens (tertiary/aromatic N) is 4. The maximum absolute atomic E-state index is 12.3. The number of ether oxygens (including phenoxy) is 1. The first kappa shape index (κ1) is 17.6. The lowest BCUT2D eigenvalue weighted by Crippen LogP contribution is -2.22. The Morgan fingerprint density at radius 3 is 2.84 bits per heavy atom. The van der Waals surface area contributed by atoms with Gasteiger partial charge in [0.25, 0.3) is 0 Å². The summed E-state index contributed by atoms with van der Waals surface area (Å²) in [5.74, 6) is -0.534. The van der Waals surface area contributed by atoms with Crippen molar-refractivity contribution in [3.8, 4) is 17.3 Å². The lowest BCUT2D eigenvalue weighted by Gasteiger charge is -2.10. The van der Waals surface area contributed by atoms with Crippen LogP contribution in [0.15, 0.2) is 22.9 Å². The Bertz CT molecular complexity index is 868. The highest BCUT2D eigenvalue weighted by Crippen LogP contribution is 2.35. The fraction of sp³-hybridized carbons (Fsp3) is 0.462. The molecule has 0 aliphatic carbocycles. The molecule has 1 aliphatic heterocycles. The largest absolute Gasteiger partial charge is 0.467 e. The molecule has 136 valence electrons. The van der Waals surface area contributed by atoms with Gasteiger partial charge in [0, 0.05) is 19.8 Å². The third-order valence-electron chi connectivity index (χ3n) is 3.60. The van der Waals surface area contributed by atoms with Gasteiger partial charge in [0.15, 0.2) is 11.9 Å². The molecule has 1 fully saturated rings. The van der Waals surface area contributed by atoms with Gasteiger partial charge < -0.3 is 9.26 Å². The zero-order chi connectivity index (χ0) is 18.2. The zero-order valence-electron chi connectivity index (χ0n) is 12.9. The Labute approximate surface area is 140 Å². The van der Waals surface area contributed by atoms with E-state index in [9.17, 15) is 21.6 Å². The molecule has 3 heterocycles. The summed E-state index contributed by atoms with van der Waals surface area (Å²) in [6.45, 7) is -1.21. The van der Waals surface area contributed by atoms with E-state index >= 15 is 0 Å². The van der Waals surface area contributed by atoms with Gasteiger partial charge in [-0.2, -0.15) is 18.2 Å². The van der Waals surface area contributed by atoms with E-state index < -0.39 is 28.1 Å². The first-order valence-corrected chi connectivity index (χ1v) is 8.62. The van der Waals surface area contributed by atoms with Gasteiger partial charge >= 0.3 is 6.18 Å². The third kappa shape index (κ3) is 3.58. The molecular weight excluding hydrogens is 365 g/mol. The van der Waals surface area contributed by atoms with Crippen molar-refractivity contribution >= 4 is 10.0 Å². The van der Waals surface area contributed by atoms with Gasteiger partial charge in [-0.25, -0.2) is 17.7 Å². The molecule has 3 rings (SSSR count). The standard InChI is InChI=1S/C13H13F3N4O4S/c1-20-6-4-9(25(20,21)22)12-18-10(19-24-12)8-3-2-5-17-11(8)23-7-13(14,15)16/h2-3,5,9H,4,6-7H2,1H3. The van der Waals surface area contributed by atoms with Crippen molar-refractivity contribution in [1.82, 2.24) is 19.4 Å². The molecule has 1 atom stereocenters. The summed E-state index contributed by atoms with van der Waals surface area (Å²) in [6, 6.07) is 2.87. The highest BCUT2D eigenvalue weighted by Gasteiger charge is 2.41. The quantitative estimate of drug-likeness (QED) is 0.800. The maximum Gasteiger partial charge on any atom is 0.422 e. The molecule has 0 N–H and O–H groups in total. The van der Waals surface area contributed by atoms with E-state index in [-0.39, 0.29) is 29.6 Å². The minimum atomic E-state index is -4.53. The predicted molar refractivity (Wildman–Crippen MR) is 78.0 cm³/mol. The Hall–Kier alpha value is -2.21. The van der Waals surface area contributed by atoms with Crippen molar-refractivity contribution < 1.29 is 30.8 Å². The van der Waals surface area contributed by atoms with Crippen molar-refractivity contribution in [3.05, 3.63) is 24.2 Å². The number of pyridine rings is 1. The Morgan fingerprint density at radius 2 is 2.20 bits per heavy atom. The number of halogens is 3. The zero-order valence-corrected chi connectivity index (χ0v) is 13.7. The number of hydrogen-bond acceptors (Lipinski definition) is 7. The summed E-state index contributed by atoms with van der Waals surface area (Å²) in [5, 5.41) is 2.68. The molecule has 1 unspecified atom stereocenters. The monoisotopic (exact) mass is 378 g/mol. The van der Waals surface area contributed by atoms with Gasteiger partial charge in [-0.1, -0.05) is 5.16 Å². The number of rotatable bonds is 4. The molecule has 25 heavy (non-hydrogen) atoms. The van der Waals surface area contributed by atoms with Crippen molar-refractivity contribution in [2.45, 2.75) is 17.8 Å². The lowest BCUT2D eigenvalue weighted by molar-refractivity contribution is -0.154. The van der Waals surface area contributed by atoms with Crippen molar-refractivity contribution in [2.24, 2.45) is 0 Å². The van der Waals surface area contributed by atoms with E-state index in [1.165, 1.54) is 29.7 Å². The number of alkyl halides is 3. The minimum absolute atomic E-state index is 0.0745. The molecule has 0 saturated carbocycles. The van der Waals surface area contributed by atoms with Gasteiger partial charge in [-0.05, 0) is 18.6 Å². The van der Waals surface area contributed by atoms with E-state index in [2.05, 4.69) is 19.9 Å². The Kier molecular flexibility index (Phi) is 4.41. The van der Waals surface area contributed by atoms with Crippen LogP contribution in [-0.2, 0) is 10.0 Å². The van der Waals surface area contributed by atoms with E-state index in [4.69, 9.17) is 4.52 Å². The highest BCUT2D eigenvalue weighted by atomic mass is 32.2. The van der Waals surface area contributed by atoms with Crippen molar-refractivity contribution in [1.29, 1.82) is 0 Å². The molecule has 0 radical (unpaired) electrons. The first-order valence-electron chi connectivity index (χ1n) is 7.12. The summed E-state index contributed by atoms with van der Waals surface area (Å²) < 4.78 is 72.2. The van der Waals surface area contributed by atoms with E-state index in [1.807, 2.05) is 0 Å². The molecular formula is C13H13F3N4O4S. The fourth-order valence-electron chi connectivity index (χ4n) is 2.34. The van der Waals surface area contributed by atoms with Crippen molar-refractivity contribution in [3.63, 3.8) is 0 Å². The van der Waals surface area contributed by atoms with Gasteiger partial charge in [0.05, 0.1) is 5.56 Å². The number of aromatic nitrogens is 3. The average Bonchev–Trinajstić information content (AvgIpc) is 3.10. The van der Waals surface area contributed by atoms with Crippen LogP contribution in [0, 0.1) is 0 Å². The third-order valence-corrected chi connectivity index (χ3v) is 5.81. The second kappa shape index (κ2) is 6.26. The summed E-state index contributed by atoms with van der Waals surface area (Å²) >= 11 is 0. The van der Waals surface area contributed by atoms with Crippen LogP contribution in [0.2, 0.25) is 0 Å². The van der Waals surface area contributed by atoms with Crippen LogP contribution in [0.1, 0.15) is 17.6 Å². The van der Waals surface area contributed by atoms with E-state index in [0.717, 1.165) is 0 Å². The molecule has 2 aromatic rings. The molecule has 0 spiro atoms. The second-order valence-corrected chi connectivity index (χ2v) is 7.58. The predicted octanol–water partition coefficient (Wildman–Crippen LogP) is 1.78. The van der Waals surface area contributed by atoms with Gasteiger partial charge in [0.1, 0.15) is 0 Å². The SMILES string of the molecule is CN1CCC(c2nc(-c3cccnc3OCC(F)(F)F)no2)S1(=O)=O. The summed E-state index contributed by atoms with van der Waals surface area (Å²) in [5.41, 5.74) is 0.0745. The van der Waals surface area contributed by atoms with Crippen LogP contribution < -0.4 is 4.74 Å². The minimum Gasteiger partial charge on any atom is -0.467 e. The van der Waals surface area contributed by atoms with Crippen LogP contribution in [0.5, 0.6) is 5.88 Å². The maximum atomic E-state index is 12.3. The fourth-order valence-corrected chi connectivity index (χ4v) is 3.89. The van der Waals surface area contributed by atoms with E-state index in [0.29, 0.717) is 6.54 Å². The van der Waals surface area contributed by atoms with Crippen LogP contribution in [0.4, 0.5) is 13.2 Å². The topological polar surface area (TPSA) is 98.4 Å². The molecule has 2 aromatic heterocycles. The van der Waals surface area contributed by atoms with Gasteiger partial charge in [-0.3, -0.25) is 0 Å². The smallest absolute Gasteiger partial charge is 0.422 e. The Morgan fingerprint density at radius 1 is 1.44 bits per heavy atom. The summed E-state index contributed by atoms with van der Waals surface area (Å²) in [4.78, 5) is 7.75. The highest BCUT2D eigenvalue weighted by molar-refractivity contribution is 7.89. The van der Waals surface area contributed by atoms with Crippen molar-refractivity contribution in [2.75, 3.05) is 20.2 Å². The Balaban J connectivity index is 1.88. The average molecular weight is 378 g/mol. The lowest BCUT2D eigenvalue weighted by atomic mass is 10.2. The molecule has 0 aromatic carbocycles. The van der Waals surface area contributed by atoms with Gasteiger partial charge in [0.2, 0.25) is 27.6 Å². The van der Waals surface area contributed by atoms with Crippen LogP contribution in [0.3, 0.4) is 0 Å². The van der Waals surface area contributed by atoms with Crippen LogP contribution in [-0.4, -0.2) is 54.2 Å². The van der Waals surface area contributed by atoms with Gasteiger partial charge in [-0.15, -0.1) is 0 Å². The van der Waals surface area contributed by atoms with Crippen LogP contribution in [0.25, 0.3) is 11.4 Å². The molecule has 1 saturated heterocycles.